The molecule has 0 fully saturated rings. The SMILES string of the molecule is CNC(=O)C(C)CN(C)c1ccc(F)cc1C=O. The molecule has 1 N–H and O–H groups in total. The number of hydrogen-bond donors (Lipinski definition) is 1. The number of amides is 1. The lowest BCUT2D eigenvalue weighted by Gasteiger charge is -2.23. The summed E-state index contributed by atoms with van der Waals surface area (Å²) in [5.74, 6) is -0.741. The number of nitrogens with zero attached hydrogens (tertiary/aromatic N) is 1. The molecule has 0 saturated carbocycles. The van der Waals surface area contributed by atoms with Crippen molar-refractivity contribution in [2.24, 2.45) is 5.92 Å². The van der Waals surface area contributed by atoms with E-state index in [0.29, 0.717) is 18.5 Å². The van der Waals surface area contributed by atoms with Crippen molar-refractivity contribution in [1.29, 1.82) is 0 Å². The Morgan fingerprint density at radius 2 is 2.22 bits per heavy atom. The number of halogens is 1. The van der Waals surface area contributed by atoms with Gasteiger partial charge in [0, 0.05) is 31.9 Å². The summed E-state index contributed by atoms with van der Waals surface area (Å²) in [6.45, 7) is 2.24. The number of carbonyl (C=O) groups is 2. The van der Waals surface area contributed by atoms with E-state index in [1.54, 1.807) is 25.9 Å². The molecule has 0 spiro atoms. The molecule has 0 bridgehead atoms. The molecule has 0 saturated heterocycles. The fourth-order valence-corrected chi connectivity index (χ4v) is 1.81. The van der Waals surface area contributed by atoms with Crippen LogP contribution >= 0.6 is 0 Å². The maximum Gasteiger partial charge on any atom is 0.224 e. The van der Waals surface area contributed by atoms with Crippen LogP contribution in [-0.4, -0.2) is 32.8 Å². The molecule has 1 atom stereocenters. The molecule has 0 radical (unpaired) electrons. The highest BCUT2D eigenvalue weighted by Gasteiger charge is 2.16. The maximum absolute atomic E-state index is 13.0. The van der Waals surface area contributed by atoms with Gasteiger partial charge < -0.3 is 10.2 Å². The van der Waals surface area contributed by atoms with Crippen molar-refractivity contribution >= 4 is 17.9 Å². The van der Waals surface area contributed by atoms with E-state index in [4.69, 9.17) is 0 Å². The van der Waals surface area contributed by atoms with Crippen molar-refractivity contribution in [1.82, 2.24) is 5.32 Å². The first-order chi connectivity index (χ1) is 8.49. The third-order valence-electron chi connectivity index (χ3n) is 2.77. The van der Waals surface area contributed by atoms with Crippen LogP contribution in [0.3, 0.4) is 0 Å². The third-order valence-corrected chi connectivity index (χ3v) is 2.77. The molecule has 1 aromatic rings. The second kappa shape index (κ2) is 6.14. The normalized spacial score (nSPS) is 11.8. The van der Waals surface area contributed by atoms with Gasteiger partial charge in [-0.3, -0.25) is 9.59 Å². The molecule has 0 aromatic heterocycles. The lowest BCUT2D eigenvalue weighted by atomic mass is 10.1. The van der Waals surface area contributed by atoms with Gasteiger partial charge in [0.05, 0.1) is 5.92 Å². The topological polar surface area (TPSA) is 49.4 Å². The van der Waals surface area contributed by atoms with Crippen LogP contribution in [0.4, 0.5) is 10.1 Å². The van der Waals surface area contributed by atoms with Crippen molar-refractivity contribution < 1.29 is 14.0 Å². The fourth-order valence-electron chi connectivity index (χ4n) is 1.81. The number of anilines is 1. The monoisotopic (exact) mass is 252 g/mol. The first-order valence-corrected chi connectivity index (χ1v) is 5.67. The van der Waals surface area contributed by atoms with Crippen LogP contribution in [0.15, 0.2) is 18.2 Å². The van der Waals surface area contributed by atoms with Crippen LogP contribution in [0.1, 0.15) is 17.3 Å². The Labute approximate surface area is 106 Å². The zero-order chi connectivity index (χ0) is 13.7. The highest BCUT2D eigenvalue weighted by atomic mass is 19.1. The van der Waals surface area contributed by atoms with Gasteiger partial charge in [-0.05, 0) is 18.2 Å². The van der Waals surface area contributed by atoms with Crippen LogP contribution in [0.2, 0.25) is 0 Å². The first kappa shape index (κ1) is 14.2. The molecule has 1 aromatic carbocycles. The molecule has 0 heterocycles. The van der Waals surface area contributed by atoms with Crippen molar-refractivity contribution in [2.75, 3.05) is 25.5 Å². The van der Waals surface area contributed by atoms with Gasteiger partial charge in [0.25, 0.3) is 0 Å². The van der Waals surface area contributed by atoms with E-state index in [2.05, 4.69) is 5.32 Å². The van der Waals surface area contributed by atoms with Crippen LogP contribution in [0.25, 0.3) is 0 Å². The first-order valence-electron chi connectivity index (χ1n) is 5.67. The number of rotatable bonds is 5. The van der Waals surface area contributed by atoms with Gasteiger partial charge in [-0.2, -0.15) is 0 Å². The number of nitrogens with one attached hydrogen (secondary N) is 1. The molecule has 0 aliphatic carbocycles. The molecule has 0 aliphatic heterocycles. The van der Waals surface area contributed by atoms with E-state index in [-0.39, 0.29) is 17.4 Å². The summed E-state index contributed by atoms with van der Waals surface area (Å²) < 4.78 is 13.0. The largest absolute Gasteiger partial charge is 0.373 e. The summed E-state index contributed by atoms with van der Waals surface area (Å²) in [7, 11) is 3.34. The predicted octanol–water partition coefficient (Wildman–Crippen LogP) is 1.46. The highest BCUT2D eigenvalue weighted by molar-refractivity contribution is 5.85. The number of aldehydes is 1. The molecule has 1 unspecified atom stereocenters. The molecule has 18 heavy (non-hydrogen) atoms. The van der Waals surface area contributed by atoms with Crippen molar-refractivity contribution in [3.05, 3.63) is 29.6 Å². The zero-order valence-electron chi connectivity index (χ0n) is 10.7. The van der Waals surface area contributed by atoms with Crippen LogP contribution in [0.5, 0.6) is 0 Å². The predicted molar refractivity (Wildman–Crippen MR) is 68.3 cm³/mol. The molecule has 4 nitrogen and oxygen atoms in total. The lowest BCUT2D eigenvalue weighted by Crippen LogP contribution is -2.34. The molecular formula is C13H17FN2O2. The molecule has 98 valence electrons. The molecular weight excluding hydrogens is 235 g/mol. The van der Waals surface area contributed by atoms with Crippen LogP contribution in [-0.2, 0) is 4.79 Å². The third kappa shape index (κ3) is 3.29. The van der Waals surface area contributed by atoms with Gasteiger partial charge in [-0.15, -0.1) is 0 Å². The summed E-state index contributed by atoms with van der Waals surface area (Å²) in [5.41, 5.74) is 0.892. The van der Waals surface area contributed by atoms with E-state index in [0.717, 1.165) is 0 Å². The quantitative estimate of drug-likeness (QED) is 0.807. The minimum Gasteiger partial charge on any atom is -0.373 e. The van der Waals surface area contributed by atoms with Crippen molar-refractivity contribution in [3.63, 3.8) is 0 Å². The van der Waals surface area contributed by atoms with Gasteiger partial charge in [0.1, 0.15) is 5.82 Å². The average molecular weight is 252 g/mol. The Balaban J connectivity index is 2.87. The molecule has 5 heteroatoms. The van der Waals surface area contributed by atoms with E-state index >= 15 is 0 Å². The smallest absolute Gasteiger partial charge is 0.224 e. The summed E-state index contributed by atoms with van der Waals surface area (Å²) in [6.07, 6.45) is 0.611. The van der Waals surface area contributed by atoms with Gasteiger partial charge in [0.2, 0.25) is 5.91 Å². The number of hydrogen-bond acceptors (Lipinski definition) is 3. The summed E-state index contributed by atoms with van der Waals surface area (Å²) in [5, 5.41) is 2.56. The van der Waals surface area contributed by atoms with E-state index < -0.39 is 5.82 Å². The van der Waals surface area contributed by atoms with E-state index in [1.165, 1.54) is 18.2 Å². The fraction of sp³-hybridized carbons (Fsp3) is 0.385. The van der Waals surface area contributed by atoms with Gasteiger partial charge in [0.15, 0.2) is 6.29 Å². The van der Waals surface area contributed by atoms with Crippen molar-refractivity contribution in [2.45, 2.75) is 6.92 Å². The van der Waals surface area contributed by atoms with Gasteiger partial charge in [-0.1, -0.05) is 6.92 Å². The second-order valence-corrected chi connectivity index (χ2v) is 4.22. The minimum atomic E-state index is -0.450. The molecule has 1 amide bonds. The Morgan fingerprint density at radius 1 is 1.56 bits per heavy atom. The van der Waals surface area contributed by atoms with Crippen LogP contribution in [0, 0.1) is 11.7 Å². The standard InChI is InChI=1S/C13H17FN2O2/c1-9(13(18)15-2)7-16(3)12-5-4-11(14)6-10(12)8-17/h4-6,8-9H,7H2,1-3H3,(H,15,18). The average Bonchev–Trinajstić information content (AvgIpc) is 2.37. The van der Waals surface area contributed by atoms with Crippen molar-refractivity contribution in [3.8, 4) is 0 Å². The van der Waals surface area contributed by atoms with E-state index in [9.17, 15) is 14.0 Å². The highest BCUT2D eigenvalue weighted by Crippen LogP contribution is 2.20. The zero-order valence-corrected chi connectivity index (χ0v) is 10.7. The summed E-state index contributed by atoms with van der Waals surface area (Å²) >= 11 is 0. The maximum atomic E-state index is 13.0. The summed E-state index contributed by atoms with van der Waals surface area (Å²) in [6, 6.07) is 4.02. The Kier molecular flexibility index (Phi) is 4.83. The lowest BCUT2D eigenvalue weighted by molar-refractivity contribution is -0.123. The minimum absolute atomic E-state index is 0.0726. The Hall–Kier alpha value is -1.91. The van der Waals surface area contributed by atoms with E-state index in [1.807, 2.05) is 0 Å². The molecule has 0 aliphatic rings. The second-order valence-electron chi connectivity index (χ2n) is 4.22. The number of benzene rings is 1. The number of carbonyl (C=O) groups excluding carboxylic acids is 2. The molecule has 1 rings (SSSR count). The Bertz CT molecular complexity index is 449. The van der Waals surface area contributed by atoms with Gasteiger partial charge >= 0.3 is 0 Å². The van der Waals surface area contributed by atoms with Crippen LogP contribution < -0.4 is 10.2 Å². The Morgan fingerprint density at radius 3 is 2.78 bits per heavy atom. The van der Waals surface area contributed by atoms with Gasteiger partial charge in [-0.25, -0.2) is 4.39 Å². The summed E-state index contributed by atoms with van der Waals surface area (Å²) in [4.78, 5) is 24.1.